The summed E-state index contributed by atoms with van der Waals surface area (Å²) in [5.74, 6) is 1.31. The summed E-state index contributed by atoms with van der Waals surface area (Å²) >= 11 is 0. The number of nitrogens with zero attached hydrogens (tertiary/aromatic N) is 6. The summed E-state index contributed by atoms with van der Waals surface area (Å²) in [5, 5.41) is 8.57. The molecule has 0 fully saturated rings. The highest BCUT2D eigenvalue weighted by Gasteiger charge is 2.24. The lowest BCUT2D eigenvalue weighted by Gasteiger charge is -2.18. The van der Waals surface area contributed by atoms with Gasteiger partial charge in [-0.25, -0.2) is 23.1 Å². The van der Waals surface area contributed by atoms with Gasteiger partial charge in [0, 0.05) is 24.1 Å². The molecule has 0 aliphatic carbocycles. The molecule has 0 aliphatic rings. The Morgan fingerprint density at radius 2 is 1.69 bits per heavy atom. The number of aromatic nitrogens is 6. The van der Waals surface area contributed by atoms with Crippen LogP contribution in [0, 0.1) is 0 Å². The normalized spacial score (nSPS) is 12.6. The number of benzene rings is 1. The van der Waals surface area contributed by atoms with Gasteiger partial charge in [-0.15, -0.1) is 5.10 Å². The molecule has 8 nitrogen and oxygen atoms in total. The Morgan fingerprint density at radius 1 is 1.00 bits per heavy atom. The van der Waals surface area contributed by atoms with Crippen molar-refractivity contribution in [1.29, 1.82) is 0 Å². The fourth-order valence-corrected chi connectivity index (χ4v) is 4.03. The third-order valence-corrected chi connectivity index (χ3v) is 5.75. The molecule has 9 heteroatoms. The van der Waals surface area contributed by atoms with Crippen LogP contribution in [0.3, 0.4) is 0 Å². The number of fused-ring (bicyclic) bond motifs is 1. The highest BCUT2D eigenvalue weighted by molar-refractivity contribution is 7.90. The molecule has 4 aromatic rings. The van der Waals surface area contributed by atoms with Crippen LogP contribution in [0.5, 0.6) is 0 Å². The van der Waals surface area contributed by atoms with Gasteiger partial charge in [0.05, 0.1) is 11.4 Å². The van der Waals surface area contributed by atoms with Crippen molar-refractivity contribution < 1.29 is 8.42 Å². The maximum Gasteiger partial charge on any atom is 0.184 e. The maximum atomic E-state index is 12.2. The summed E-state index contributed by atoms with van der Waals surface area (Å²) < 4.78 is 27.8. The summed E-state index contributed by atoms with van der Waals surface area (Å²) in [6, 6.07) is 10.7. The summed E-state index contributed by atoms with van der Waals surface area (Å²) in [7, 11) is -3.36. The molecule has 0 unspecified atom stereocenters. The van der Waals surface area contributed by atoms with Crippen molar-refractivity contribution in [2.45, 2.75) is 37.6 Å². The molecule has 1 aromatic carbocycles. The Labute approximate surface area is 169 Å². The van der Waals surface area contributed by atoms with Gasteiger partial charge in [-0.05, 0) is 23.8 Å². The molecule has 3 heterocycles. The zero-order chi connectivity index (χ0) is 20.8. The lowest BCUT2D eigenvalue weighted by molar-refractivity contribution is 0.544. The number of rotatable bonds is 4. The third-order valence-electron chi connectivity index (χ3n) is 4.56. The zero-order valence-corrected chi connectivity index (χ0v) is 17.6. The van der Waals surface area contributed by atoms with E-state index in [1.807, 2.05) is 55.9 Å². The van der Waals surface area contributed by atoms with E-state index in [0.29, 0.717) is 28.4 Å². The third kappa shape index (κ3) is 3.65. The smallest absolute Gasteiger partial charge is 0.184 e. The summed E-state index contributed by atoms with van der Waals surface area (Å²) in [6.07, 6.45) is 4.99. The van der Waals surface area contributed by atoms with Gasteiger partial charge in [-0.2, -0.15) is 0 Å². The Bertz CT molecular complexity index is 1280. The molecule has 0 aliphatic heterocycles. The first-order valence-corrected chi connectivity index (χ1v) is 11.1. The average molecular weight is 411 g/mol. The first-order valence-electron chi connectivity index (χ1n) is 9.17. The van der Waals surface area contributed by atoms with Gasteiger partial charge < -0.3 is 4.57 Å². The Balaban J connectivity index is 1.91. The van der Waals surface area contributed by atoms with E-state index in [1.165, 1.54) is 6.26 Å². The van der Waals surface area contributed by atoms with E-state index in [9.17, 15) is 8.42 Å². The molecular weight excluding hydrogens is 388 g/mol. The van der Waals surface area contributed by atoms with Gasteiger partial charge in [-0.1, -0.05) is 44.2 Å². The Kier molecular flexibility index (Phi) is 4.49. The molecule has 0 saturated carbocycles. The van der Waals surface area contributed by atoms with Crippen LogP contribution < -0.4 is 0 Å². The van der Waals surface area contributed by atoms with Crippen LogP contribution in [0.25, 0.3) is 17.0 Å². The average Bonchev–Trinajstić information content (AvgIpc) is 3.30. The number of hydrogen-bond donors (Lipinski definition) is 0. The molecule has 0 amide bonds. The monoisotopic (exact) mass is 410 g/mol. The predicted octanol–water partition coefficient (Wildman–Crippen LogP) is 2.76. The highest BCUT2D eigenvalue weighted by Crippen LogP contribution is 2.25. The SMILES string of the molecule is CC(C)(C)c1nc(-n2cccc2)c2nnn(Cc3ccccc3S(C)(=O)=O)c2n1. The first-order chi connectivity index (χ1) is 13.6. The predicted molar refractivity (Wildman–Crippen MR) is 110 cm³/mol. The molecule has 29 heavy (non-hydrogen) atoms. The number of sulfone groups is 1. The zero-order valence-electron chi connectivity index (χ0n) is 16.7. The van der Waals surface area contributed by atoms with Gasteiger partial charge in [0.1, 0.15) is 5.82 Å². The molecule has 3 aromatic heterocycles. The standard InChI is InChI=1S/C20H22N6O2S/c1-20(2,3)19-21-17(25-11-7-8-12-25)16-18(22-19)26(24-23-16)13-14-9-5-6-10-15(14)29(4,27)28/h5-12H,13H2,1-4H3. The van der Waals surface area contributed by atoms with E-state index >= 15 is 0 Å². The van der Waals surface area contributed by atoms with Gasteiger partial charge >= 0.3 is 0 Å². The summed E-state index contributed by atoms with van der Waals surface area (Å²) in [5.41, 5.74) is 1.48. The van der Waals surface area contributed by atoms with Crippen LogP contribution in [-0.4, -0.2) is 44.2 Å². The number of hydrogen-bond acceptors (Lipinski definition) is 6. The van der Waals surface area contributed by atoms with E-state index < -0.39 is 9.84 Å². The molecule has 4 rings (SSSR count). The molecule has 0 spiro atoms. The van der Waals surface area contributed by atoms with Crippen molar-refractivity contribution in [2.75, 3.05) is 6.26 Å². The minimum atomic E-state index is -3.36. The van der Waals surface area contributed by atoms with E-state index in [-0.39, 0.29) is 16.9 Å². The summed E-state index contributed by atoms with van der Waals surface area (Å²) in [4.78, 5) is 9.74. The van der Waals surface area contributed by atoms with Crippen LogP contribution >= 0.6 is 0 Å². The second-order valence-corrected chi connectivity index (χ2v) is 9.99. The van der Waals surface area contributed by atoms with Crippen molar-refractivity contribution in [1.82, 2.24) is 29.5 Å². The van der Waals surface area contributed by atoms with Crippen molar-refractivity contribution >= 4 is 21.0 Å². The van der Waals surface area contributed by atoms with Crippen LogP contribution in [0.4, 0.5) is 0 Å². The van der Waals surface area contributed by atoms with Gasteiger partial charge in [-0.3, -0.25) is 0 Å². The Morgan fingerprint density at radius 3 is 2.34 bits per heavy atom. The second-order valence-electron chi connectivity index (χ2n) is 8.01. The van der Waals surface area contributed by atoms with Crippen LogP contribution in [0.15, 0.2) is 53.7 Å². The fourth-order valence-electron chi connectivity index (χ4n) is 3.10. The van der Waals surface area contributed by atoms with Crippen molar-refractivity contribution in [3.63, 3.8) is 0 Å². The molecule has 0 radical (unpaired) electrons. The van der Waals surface area contributed by atoms with E-state index in [4.69, 9.17) is 9.97 Å². The lowest BCUT2D eigenvalue weighted by Crippen LogP contribution is -2.18. The largest absolute Gasteiger partial charge is 0.307 e. The van der Waals surface area contributed by atoms with E-state index in [0.717, 1.165) is 0 Å². The first kappa shape index (κ1) is 19.3. The molecule has 0 saturated heterocycles. The minimum Gasteiger partial charge on any atom is -0.307 e. The highest BCUT2D eigenvalue weighted by atomic mass is 32.2. The molecule has 0 N–H and O–H groups in total. The Hall–Kier alpha value is -3.07. The van der Waals surface area contributed by atoms with Gasteiger partial charge in [0.15, 0.2) is 26.8 Å². The quantitative estimate of drug-likeness (QED) is 0.513. The van der Waals surface area contributed by atoms with Crippen LogP contribution in [0.1, 0.15) is 32.2 Å². The van der Waals surface area contributed by atoms with Crippen LogP contribution in [-0.2, 0) is 21.8 Å². The molecular formula is C20H22N6O2S. The maximum absolute atomic E-state index is 12.2. The second kappa shape index (κ2) is 6.77. The lowest BCUT2D eigenvalue weighted by atomic mass is 9.96. The topological polar surface area (TPSA) is 95.6 Å². The molecule has 0 atom stereocenters. The van der Waals surface area contributed by atoms with Crippen molar-refractivity contribution in [3.05, 3.63) is 60.2 Å². The molecule has 150 valence electrons. The van der Waals surface area contributed by atoms with E-state index in [2.05, 4.69) is 10.3 Å². The van der Waals surface area contributed by atoms with Gasteiger partial charge in [0.2, 0.25) is 0 Å². The van der Waals surface area contributed by atoms with Crippen molar-refractivity contribution in [3.8, 4) is 5.82 Å². The summed E-state index contributed by atoms with van der Waals surface area (Å²) in [6.45, 7) is 6.37. The fraction of sp³-hybridized carbons (Fsp3) is 0.300. The molecule has 0 bridgehead atoms. The van der Waals surface area contributed by atoms with E-state index in [1.54, 1.807) is 22.9 Å². The minimum absolute atomic E-state index is 0.242. The van der Waals surface area contributed by atoms with Gasteiger partial charge in [0.25, 0.3) is 0 Å². The van der Waals surface area contributed by atoms with Crippen LogP contribution in [0.2, 0.25) is 0 Å². The van der Waals surface area contributed by atoms with Crippen molar-refractivity contribution in [2.24, 2.45) is 0 Å².